The number of carbonyl (C=O) groups is 2. The number of ether oxygens (including phenoxy) is 1. The Morgan fingerprint density at radius 1 is 1.18 bits per heavy atom. The third-order valence-corrected chi connectivity index (χ3v) is 5.20. The Morgan fingerprint density at radius 3 is 2.59 bits per heavy atom. The quantitative estimate of drug-likeness (QED) is 0.517. The van der Waals surface area contributed by atoms with Gasteiger partial charge in [-0.05, 0) is 35.9 Å². The van der Waals surface area contributed by atoms with E-state index in [1.54, 1.807) is 24.3 Å². The van der Waals surface area contributed by atoms with Gasteiger partial charge in [0.1, 0.15) is 11.7 Å². The highest BCUT2D eigenvalue weighted by Crippen LogP contribution is 2.26. The maximum Gasteiger partial charge on any atom is 0.244 e. The van der Waals surface area contributed by atoms with E-state index >= 15 is 0 Å². The van der Waals surface area contributed by atoms with Crippen LogP contribution in [0.5, 0.6) is 11.6 Å². The highest BCUT2D eigenvalue weighted by molar-refractivity contribution is 6.30. The Hall–Kier alpha value is -4.05. The fourth-order valence-corrected chi connectivity index (χ4v) is 3.33. The molecule has 0 saturated carbocycles. The molecule has 4 rings (SSSR count). The Bertz CT molecular complexity index is 1250. The van der Waals surface area contributed by atoms with Gasteiger partial charge in [0.2, 0.25) is 23.7 Å². The summed E-state index contributed by atoms with van der Waals surface area (Å²) >= 11 is 5.93. The number of primary amides is 1. The largest absolute Gasteiger partial charge is 0.436 e. The summed E-state index contributed by atoms with van der Waals surface area (Å²) in [6, 6.07) is 13.2. The average molecular weight is 486 g/mol. The van der Waals surface area contributed by atoms with E-state index in [9.17, 15) is 18.4 Å². The molecule has 2 amide bonds. The molecule has 1 atom stereocenters. The summed E-state index contributed by atoms with van der Waals surface area (Å²) in [6.45, 7) is -0.0426. The van der Waals surface area contributed by atoms with Crippen LogP contribution >= 0.6 is 11.6 Å². The number of guanidine groups is 1. The molecule has 0 bridgehead atoms. The Kier molecular flexibility index (Phi) is 6.69. The first-order valence-electron chi connectivity index (χ1n) is 10.1. The van der Waals surface area contributed by atoms with Gasteiger partial charge < -0.3 is 15.8 Å². The summed E-state index contributed by atoms with van der Waals surface area (Å²) in [5.41, 5.74) is 6.37. The number of halogens is 3. The van der Waals surface area contributed by atoms with E-state index in [4.69, 9.17) is 22.1 Å². The second-order valence-corrected chi connectivity index (χ2v) is 7.79. The van der Waals surface area contributed by atoms with Gasteiger partial charge in [0.15, 0.2) is 11.6 Å². The summed E-state index contributed by atoms with van der Waals surface area (Å²) in [7, 11) is 0. The Labute approximate surface area is 198 Å². The number of amides is 2. The van der Waals surface area contributed by atoms with Gasteiger partial charge >= 0.3 is 0 Å². The van der Waals surface area contributed by atoms with Crippen molar-refractivity contribution < 1.29 is 23.1 Å². The molecule has 1 aliphatic heterocycles. The predicted molar refractivity (Wildman–Crippen MR) is 121 cm³/mol. The van der Waals surface area contributed by atoms with Crippen LogP contribution in [0.2, 0.25) is 5.02 Å². The Morgan fingerprint density at radius 2 is 1.94 bits per heavy atom. The van der Waals surface area contributed by atoms with Crippen LogP contribution < -0.4 is 15.8 Å². The van der Waals surface area contributed by atoms with Crippen molar-refractivity contribution in [2.24, 2.45) is 16.6 Å². The highest BCUT2D eigenvalue weighted by atomic mass is 35.5. The van der Waals surface area contributed by atoms with Gasteiger partial charge in [-0.3, -0.25) is 19.5 Å². The number of hydrogen-bond acceptors (Lipinski definition) is 6. The zero-order valence-electron chi connectivity index (χ0n) is 17.5. The van der Waals surface area contributed by atoms with E-state index in [2.05, 4.69) is 15.3 Å². The van der Waals surface area contributed by atoms with E-state index in [1.807, 2.05) is 0 Å². The number of carbonyl (C=O) groups excluding carboxylic acids is 2. The Balaban J connectivity index is 1.55. The zero-order chi connectivity index (χ0) is 24.2. The number of rotatable bonds is 6. The number of nitrogens with zero attached hydrogens (tertiary/aromatic N) is 3. The first kappa shape index (κ1) is 23.1. The molecule has 0 spiro atoms. The lowest BCUT2D eigenvalue weighted by Gasteiger charge is -2.31. The smallest absolute Gasteiger partial charge is 0.244 e. The van der Waals surface area contributed by atoms with E-state index in [-0.39, 0.29) is 36.4 Å². The maximum atomic E-state index is 14.6. The molecule has 1 aliphatic rings. The monoisotopic (exact) mass is 485 g/mol. The van der Waals surface area contributed by atoms with Crippen LogP contribution in [0.15, 0.2) is 65.8 Å². The topological polar surface area (TPSA) is 110 Å². The van der Waals surface area contributed by atoms with Crippen molar-refractivity contribution in [2.75, 3.05) is 11.9 Å². The van der Waals surface area contributed by atoms with Crippen LogP contribution in [0.25, 0.3) is 0 Å². The lowest BCUT2D eigenvalue weighted by molar-refractivity contribution is -0.138. The molecule has 2 aromatic carbocycles. The summed E-state index contributed by atoms with van der Waals surface area (Å²) < 4.78 is 33.0. The molecule has 2 heterocycles. The molecule has 3 N–H and O–H groups in total. The molecule has 0 fully saturated rings. The first-order valence-corrected chi connectivity index (χ1v) is 10.4. The second-order valence-electron chi connectivity index (χ2n) is 7.36. The van der Waals surface area contributed by atoms with Crippen LogP contribution in [-0.4, -0.2) is 34.2 Å². The molecule has 0 saturated heterocycles. The van der Waals surface area contributed by atoms with Gasteiger partial charge in [-0.2, -0.15) is 0 Å². The lowest BCUT2D eigenvalue weighted by atomic mass is 10.1. The third kappa shape index (κ3) is 5.29. The minimum absolute atomic E-state index is 0.0231. The number of nitrogens with two attached hydrogens (primary N) is 1. The van der Waals surface area contributed by atoms with Crippen molar-refractivity contribution in [2.45, 2.75) is 6.54 Å². The minimum atomic E-state index is -1.10. The molecule has 34 heavy (non-hydrogen) atoms. The summed E-state index contributed by atoms with van der Waals surface area (Å²) in [5.74, 6) is -3.65. The third-order valence-electron chi connectivity index (χ3n) is 4.94. The number of aliphatic imine (C=N–C) groups is 1. The second kappa shape index (κ2) is 9.84. The average Bonchev–Trinajstić information content (AvgIpc) is 2.80. The SMILES string of the molecule is NC(=O)C1CN=C(Nc2ccc(Oc3ccc(F)cn3)c(F)c2)N(Cc2ccc(Cl)cc2)C1=O. The predicted octanol–water partition coefficient (Wildman–Crippen LogP) is 3.72. The molecule has 11 heteroatoms. The van der Waals surface area contributed by atoms with Gasteiger partial charge in [-0.15, -0.1) is 0 Å². The molecular formula is C23H18ClF2N5O3. The molecule has 0 radical (unpaired) electrons. The minimum Gasteiger partial charge on any atom is -0.436 e. The van der Waals surface area contributed by atoms with Gasteiger partial charge in [-0.25, -0.2) is 13.8 Å². The van der Waals surface area contributed by atoms with Crippen LogP contribution in [0.4, 0.5) is 14.5 Å². The molecule has 174 valence electrons. The van der Waals surface area contributed by atoms with Crippen molar-refractivity contribution in [3.63, 3.8) is 0 Å². The summed E-state index contributed by atoms with van der Waals surface area (Å²) in [4.78, 5) is 33.9. The van der Waals surface area contributed by atoms with Gasteiger partial charge in [0.05, 0.1) is 19.3 Å². The molecule has 1 unspecified atom stereocenters. The van der Waals surface area contributed by atoms with Crippen molar-refractivity contribution in [1.29, 1.82) is 0 Å². The van der Waals surface area contributed by atoms with E-state index < -0.39 is 29.4 Å². The fourth-order valence-electron chi connectivity index (χ4n) is 3.20. The number of pyridine rings is 1. The van der Waals surface area contributed by atoms with Crippen LogP contribution in [0, 0.1) is 17.6 Å². The van der Waals surface area contributed by atoms with E-state index in [1.165, 1.54) is 23.1 Å². The van der Waals surface area contributed by atoms with Gasteiger partial charge in [0, 0.05) is 22.8 Å². The van der Waals surface area contributed by atoms with Gasteiger partial charge in [0.25, 0.3) is 0 Å². The van der Waals surface area contributed by atoms with Crippen LogP contribution in [-0.2, 0) is 16.1 Å². The van der Waals surface area contributed by atoms with Crippen molar-refractivity contribution in [3.05, 3.63) is 83.0 Å². The number of nitrogens with one attached hydrogen (secondary N) is 1. The highest BCUT2D eigenvalue weighted by Gasteiger charge is 2.35. The molecule has 0 aliphatic carbocycles. The first-order chi connectivity index (χ1) is 16.3. The molecule has 1 aromatic heterocycles. The molecular weight excluding hydrogens is 468 g/mol. The maximum absolute atomic E-state index is 14.6. The fraction of sp³-hybridized carbons (Fsp3) is 0.130. The summed E-state index contributed by atoms with van der Waals surface area (Å²) in [5, 5.41) is 3.44. The standard InChI is InChI=1S/C23H18ClF2N5O3/c24-14-3-1-13(2-4-14)12-31-22(33)17(21(27)32)11-29-23(31)30-16-6-7-19(18(26)9-16)34-20-8-5-15(25)10-28-20/h1-10,17H,11-12H2,(H2,27,32)(H,29,30). The molecule has 8 nitrogen and oxygen atoms in total. The van der Waals surface area contributed by atoms with E-state index in [0.717, 1.165) is 23.9 Å². The van der Waals surface area contributed by atoms with Crippen LogP contribution in [0.1, 0.15) is 5.56 Å². The van der Waals surface area contributed by atoms with Crippen molar-refractivity contribution >= 4 is 35.1 Å². The van der Waals surface area contributed by atoms with E-state index in [0.29, 0.717) is 5.02 Å². The van der Waals surface area contributed by atoms with Crippen molar-refractivity contribution in [1.82, 2.24) is 9.88 Å². The normalized spacial score (nSPS) is 15.6. The van der Waals surface area contributed by atoms with Crippen LogP contribution in [0.3, 0.4) is 0 Å². The number of aromatic nitrogens is 1. The summed E-state index contributed by atoms with van der Waals surface area (Å²) in [6.07, 6.45) is 0.954. The van der Waals surface area contributed by atoms with Gasteiger partial charge in [-0.1, -0.05) is 23.7 Å². The molecule has 3 aromatic rings. The number of benzene rings is 2. The van der Waals surface area contributed by atoms with Crippen molar-refractivity contribution in [3.8, 4) is 11.6 Å². The number of hydrogen-bond donors (Lipinski definition) is 2. The number of anilines is 1. The lowest BCUT2D eigenvalue weighted by Crippen LogP contribution is -2.51. The zero-order valence-corrected chi connectivity index (χ0v) is 18.3.